The van der Waals surface area contributed by atoms with Crippen LogP contribution in [0, 0.1) is 6.92 Å². The summed E-state index contributed by atoms with van der Waals surface area (Å²) in [6.07, 6.45) is -0.977. The second-order valence-electron chi connectivity index (χ2n) is 4.40. The van der Waals surface area contributed by atoms with Gasteiger partial charge in [0.05, 0.1) is 6.20 Å². The van der Waals surface area contributed by atoms with Crippen LogP contribution in [0.15, 0.2) is 24.4 Å². The molecule has 2 aromatic heterocycles. The molecule has 0 bridgehead atoms. The Bertz CT molecular complexity index is 623. The number of rotatable bonds is 5. The van der Waals surface area contributed by atoms with Gasteiger partial charge in [-0.15, -0.1) is 0 Å². The Hall–Kier alpha value is -2.11. The van der Waals surface area contributed by atoms with E-state index in [4.69, 9.17) is 4.74 Å². The third-order valence-electron chi connectivity index (χ3n) is 2.86. The molecule has 1 amide bonds. The van der Waals surface area contributed by atoms with Gasteiger partial charge in [-0.1, -0.05) is 0 Å². The number of aryl methyl sites for hydroxylation is 1. The van der Waals surface area contributed by atoms with Gasteiger partial charge < -0.3 is 14.5 Å². The third-order valence-corrected chi connectivity index (χ3v) is 2.86. The molecule has 0 atom stereocenters. The predicted octanol–water partition coefficient (Wildman–Crippen LogP) is 2.64. The van der Waals surface area contributed by atoms with Crippen LogP contribution in [0.5, 0.6) is 5.75 Å². The Morgan fingerprint density at radius 3 is 2.85 bits per heavy atom. The number of aromatic nitrogens is 1. The zero-order chi connectivity index (χ0) is 14.7. The first-order valence-corrected chi connectivity index (χ1v) is 6.33. The number of nitrogens with one attached hydrogen (secondary N) is 1. The Morgan fingerprint density at radius 1 is 1.45 bits per heavy atom. The number of carbonyl (C=O) groups is 1. The van der Waals surface area contributed by atoms with Crippen LogP contribution in [0.3, 0.4) is 0 Å². The molecular formula is C14H16F2N2O2. The minimum atomic E-state index is -2.53. The van der Waals surface area contributed by atoms with Gasteiger partial charge in [0.15, 0.2) is 0 Å². The van der Waals surface area contributed by atoms with Gasteiger partial charge in [-0.2, -0.15) is 0 Å². The molecule has 0 fully saturated rings. The van der Waals surface area contributed by atoms with Gasteiger partial charge in [0, 0.05) is 12.1 Å². The topological polar surface area (TPSA) is 42.7 Å². The summed E-state index contributed by atoms with van der Waals surface area (Å²) in [4.78, 5) is 12.0. The summed E-state index contributed by atoms with van der Waals surface area (Å²) in [6.45, 7) is 3.52. The molecule has 6 heteroatoms. The molecule has 2 aromatic rings. The van der Waals surface area contributed by atoms with E-state index in [1.165, 1.54) is 0 Å². The summed E-state index contributed by atoms with van der Waals surface area (Å²) in [5.74, 6) is 0.106. The number of hydrogen-bond acceptors (Lipinski definition) is 2. The summed E-state index contributed by atoms with van der Waals surface area (Å²) in [5.41, 5.74) is 2.12. The Morgan fingerprint density at radius 2 is 2.20 bits per heavy atom. The molecular weight excluding hydrogens is 266 g/mol. The van der Waals surface area contributed by atoms with E-state index in [1.807, 2.05) is 19.9 Å². The summed E-state index contributed by atoms with van der Waals surface area (Å²) >= 11 is 0. The zero-order valence-electron chi connectivity index (χ0n) is 11.3. The fraction of sp³-hybridized carbons (Fsp3) is 0.357. The van der Waals surface area contributed by atoms with Crippen LogP contribution in [0.25, 0.3) is 5.52 Å². The first-order chi connectivity index (χ1) is 9.52. The molecule has 0 spiro atoms. The van der Waals surface area contributed by atoms with E-state index < -0.39 is 13.0 Å². The molecule has 0 saturated carbocycles. The van der Waals surface area contributed by atoms with Gasteiger partial charge in [0.1, 0.15) is 18.1 Å². The summed E-state index contributed by atoms with van der Waals surface area (Å²) < 4.78 is 30.9. The first kappa shape index (κ1) is 14.3. The lowest BCUT2D eigenvalue weighted by molar-refractivity contribution is 0.0816. The second-order valence-corrected chi connectivity index (χ2v) is 4.40. The van der Waals surface area contributed by atoms with Crippen LogP contribution in [0.4, 0.5) is 8.78 Å². The van der Waals surface area contributed by atoms with Gasteiger partial charge in [0.2, 0.25) is 0 Å². The summed E-state index contributed by atoms with van der Waals surface area (Å²) in [5, 5.41) is 2.73. The normalized spacial score (nSPS) is 11.1. The van der Waals surface area contributed by atoms with E-state index in [1.54, 1.807) is 22.7 Å². The van der Waals surface area contributed by atoms with Crippen molar-refractivity contribution in [2.45, 2.75) is 20.3 Å². The van der Waals surface area contributed by atoms with Crippen molar-refractivity contribution >= 4 is 11.4 Å². The molecule has 0 unspecified atom stereocenters. The first-order valence-electron chi connectivity index (χ1n) is 6.33. The molecule has 0 aromatic carbocycles. The van der Waals surface area contributed by atoms with Crippen molar-refractivity contribution in [2.24, 2.45) is 0 Å². The van der Waals surface area contributed by atoms with Crippen molar-refractivity contribution in [3.05, 3.63) is 35.7 Å². The van der Waals surface area contributed by atoms with E-state index >= 15 is 0 Å². The monoisotopic (exact) mass is 282 g/mol. The highest BCUT2D eigenvalue weighted by Gasteiger charge is 2.15. The van der Waals surface area contributed by atoms with Crippen molar-refractivity contribution in [3.8, 4) is 5.75 Å². The fourth-order valence-corrected chi connectivity index (χ4v) is 2.06. The van der Waals surface area contributed by atoms with Crippen molar-refractivity contribution in [2.75, 3.05) is 13.2 Å². The highest BCUT2D eigenvalue weighted by molar-refractivity contribution is 5.95. The van der Waals surface area contributed by atoms with E-state index in [0.29, 0.717) is 18.0 Å². The van der Waals surface area contributed by atoms with E-state index in [2.05, 4.69) is 5.32 Å². The smallest absolute Gasteiger partial charge is 0.272 e. The minimum absolute atomic E-state index is 0.198. The lowest BCUT2D eigenvalue weighted by Gasteiger charge is -2.08. The van der Waals surface area contributed by atoms with E-state index in [-0.39, 0.29) is 5.91 Å². The molecule has 0 aliphatic heterocycles. The van der Waals surface area contributed by atoms with Crippen molar-refractivity contribution in [3.63, 3.8) is 0 Å². The molecule has 0 aliphatic rings. The minimum Gasteiger partial charge on any atom is -0.486 e. The number of halogens is 2. The maximum Gasteiger partial charge on any atom is 0.272 e. The molecule has 0 saturated heterocycles. The highest BCUT2D eigenvalue weighted by atomic mass is 19.3. The highest BCUT2D eigenvalue weighted by Crippen LogP contribution is 2.20. The number of fused-ring (bicyclic) bond motifs is 1. The van der Waals surface area contributed by atoms with Crippen LogP contribution in [-0.2, 0) is 0 Å². The molecule has 20 heavy (non-hydrogen) atoms. The second kappa shape index (κ2) is 5.90. The van der Waals surface area contributed by atoms with Crippen LogP contribution in [-0.4, -0.2) is 29.9 Å². The molecule has 2 heterocycles. The average molecular weight is 282 g/mol. The van der Waals surface area contributed by atoms with E-state index in [0.717, 1.165) is 11.1 Å². The van der Waals surface area contributed by atoms with E-state index in [9.17, 15) is 13.6 Å². The molecule has 0 radical (unpaired) electrons. The predicted molar refractivity (Wildman–Crippen MR) is 71.6 cm³/mol. The molecule has 1 N–H and O–H groups in total. The Kier molecular flexibility index (Phi) is 4.22. The number of ether oxygens (including phenoxy) is 1. The van der Waals surface area contributed by atoms with Gasteiger partial charge in [-0.25, -0.2) is 8.78 Å². The number of carbonyl (C=O) groups excluding carboxylic acids is 1. The molecule has 2 rings (SSSR count). The lowest BCUT2D eigenvalue weighted by atomic mass is 10.2. The molecule has 108 valence electrons. The maximum atomic E-state index is 12.2. The standard InChI is InChI=1S/C14H16F2N2O2/c1-3-17-14(19)13-9(2)6-10-4-5-11(7-18(10)13)20-8-12(15)16/h4-7,12H,3,8H2,1-2H3,(H,17,19). The maximum absolute atomic E-state index is 12.2. The largest absolute Gasteiger partial charge is 0.486 e. The molecule has 0 aliphatic carbocycles. The zero-order valence-corrected chi connectivity index (χ0v) is 11.3. The SMILES string of the molecule is CCNC(=O)c1c(C)cc2ccc(OCC(F)F)cn12. The van der Waals surface area contributed by atoms with Crippen LogP contribution < -0.4 is 10.1 Å². The van der Waals surface area contributed by atoms with Crippen molar-refractivity contribution in [1.29, 1.82) is 0 Å². The fourth-order valence-electron chi connectivity index (χ4n) is 2.06. The summed E-state index contributed by atoms with van der Waals surface area (Å²) in [7, 11) is 0. The molecule has 4 nitrogen and oxygen atoms in total. The van der Waals surface area contributed by atoms with Crippen LogP contribution >= 0.6 is 0 Å². The number of hydrogen-bond donors (Lipinski definition) is 1. The number of pyridine rings is 1. The average Bonchev–Trinajstić information content (AvgIpc) is 2.71. The quantitative estimate of drug-likeness (QED) is 0.916. The lowest BCUT2D eigenvalue weighted by Crippen LogP contribution is -2.24. The Labute approximate surface area is 115 Å². The van der Waals surface area contributed by atoms with Crippen molar-refractivity contribution < 1.29 is 18.3 Å². The van der Waals surface area contributed by atoms with Crippen molar-refractivity contribution in [1.82, 2.24) is 9.72 Å². The third kappa shape index (κ3) is 2.89. The number of alkyl halides is 2. The van der Waals surface area contributed by atoms with Gasteiger partial charge in [-0.3, -0.25) is 4.79 Å². The van der Waals surface area contributed by atoms with Gasteiger partial charge >= 0.3 is 0 Å². The number of nitrogens with zero attached hydrogens (tertiary/aromatic N) is 1. The Balaban J connectivity index is 2.38. The van der Waals surface area contributed by atoms with Gasteiger partial charge in [-0.05, 0) is 37.6 Å². The van der Waals surface area contributed by atoms with Crippen LogP contribution in [0.1, 0.15) is 23.0 Å². The number of amides is 1. The summed E-state index contributed by atoms with van der Waals surface area (Å²) in [6, 6.07) is 5.21. The van der Waals surface area contributed by atoms with Crippen LogP contribution in [0.2, 0.25) is 0 Å². The van der Waals surface area contributed by atoms with Gasteiger partial charge in [0.25, 0.3) is 12.3 Å².